The molecule has 1 N–H and O–H groups in total. The van der Waals surface area contributed by atoms with Crippen molar-refractivity contribution in [3.05, 3.63) is 78.2 Å². The molecule has 0 saturated carbocycles. The molecule has 0 unspecified atom stereocenters. The Morgan fingerprint density at radius 2 is 1.73 bits per heavy atom. The highest BCUT2D eigenvalue weighted by Gasteiger charge is 2.20. The average molecular weight is 557 g/mol. The van der Waals surface area contributed by atoms with Crippen molar-refractivity contribution in [2.75, 3.05) is 74.1 Å². The highest BCUT2D eigenvalue weighted by Crippen LogP contribution is 2.34. The Hall–Kier alpha value is -4.28. The van der Waals surface area contributed by atoms with Gasteiger partial charge in [0.25, 0.3) is 5.91 Å². The minimum Gasteiger partial charge on any atom is -0.438 e. The first-order valence-electron chi connectivity index (χ1n) is 14.0. The molecule has 2 aliphatic heterocycles. The van der Waals surface area contributed by atoms with Gasteiger partial charge in [0.15, 0.2) is 0 Å². The van der Waals surface area contributed by atoms with Crippen molar-refractivity contribution in [3.63, 3.8) is 0 Å². The third-order valence-electron chi connectivity index (χ3n) is 7.59. The number of nitrogens with zero attached hydrogens (tertiary/aromatic N) is 5. The number of nitrogens with one attached hydrogen (secondary N) is 1. The van der Waals surface area contributed by atoms with E-state index in [0.717, 1.165) is 43.5 Å². The minimum absolute atomic E-state index is 0.254. The van der Waals surface area contributed by atoms with Crippen molar-refractivity contribution in [1.82, 2.24) is 14.9 Å². The van der Waals surface area contributed by atoms with Crippen molar-refractivity contribution >= 4 is 34.0 Å². The number of hydrogen-bond acceptors (Lipinski definition) is 8. The van der Waals surface area contributed by atoms with Crippen LogP contribution in [0.1, 0.15) is 17.3 Å². The lowest BCUT2D eigenvalue weighted by atomic mass is 10.1. The number of aromatic nitrogens is 2. The van der Waals surface area contributed by atoms with E-state index < -0.39 is 5.82 Å². The molecule has 2 saturated heterocycles. The van der Waals surface area contributed by atoms with E-state index in [1.54, 1.807) is 24.4 Å². The molecule has 6 rings (SSSR count). The van der Waals surface area contributed by atoms with Crippen molar-refractivity contribution < 1.29 is 18.7 Å². The topological polar surface area (TPSA) is 83.1 Å². The van der Waals surface area contributed by atoms with E-state index in [-0.39, 0.29) is 11.5 Å². The fourth-order valence-corrected chi connectivity index (χ4v) is 5.29. The summed E-state index contributed by atoms with van der Waals surface area (Å²) in [5.74, 6) is 0.869. The second-order valence-corrected chi connectivity index (χ2v) is 10.1. The molecule has 10 heteroatoms. The number of hydrogen-bond donors (Lipinski definition) is 1. The molecule has 4 aromatic rings. The Morgan fingerprint density at radius 1 is 0.951 bits per heavy atom. The molecule has 0 spiro atoms. The van der Waals surface area contributed by atoms with E-state index in [9.17, 15) is 9.18 Å². The predicted octanol–water partition coefficient (Wildman–Crippen LogP) is 4.79. The highest BCUT2D eigenvalue weighted by atomic mass is 19.1. The van der Waals surface area contributed by atoms with Crippen LogP contribution in [0.15, 0.2) is 66.9 Å². The van der Waals surface area contributed by atoms with Crippen LogP contribution in [0.25, 0.3) is 10.8 Å². The normalized spacial score (nSPS) is 16.1. The second-order valence-electron chi connectivity index (χ2n) is 10.1. The molecule has 2 aliphatic rings. The van der Waals surface area contributed by atoms with Crippen LogP contribution in [-0.2, 0) is 4.74 Å². The number of carbonyl (C=O) groups is 1. The van der Waals surface area contributed by atoms with E-state index in [2.05, 4.69) is 32.0 Å². The number of carbonyl (C=O) groups excluding carboxylic acids is 1. The molecule has 2 fully saturated rings. The first-order chi connectivity index (χ1) is 20.1. The first kappa shape index (κ1) is 26.9. The van der Waals surface area contributed by atoms with E-state index in [0.29, 0.717) is 55.3 Å². The van der Waals surface area contributed by atoms with Crippen LogP contribution in [0.4, 0.5) is 21.7 Å². The van der Waals surface area contributed by atoms with E-state index in [4.69, 9.17) is 9.47 Å². The molecule has 1 aromatic heterocycles. The molecule has 3 heterocycles. The van der Waals surface area contributed by atoms with Gasteiger partial charge in [-0.1, -0.05) is 31.2 Å². The summed E-state index contributed by atoms with van der Waals surface area (Å²) in [6.07, 6.45) is 1.71. The van der Waals surface area contributed by atoms with Crippen LogP contribution in [-0.4, -0.2) is 79.8 Å². The summed E-state index contributed by atoms with van der Waals surface area (Å²) in [6.45, 7) is 9.36. The van der Waals surface area contributed by atoms with Crippen LogP contribution in [0, 0.1) is 5.82 Å². The fourth-order valence-electron chi connectivity index (χ4n) is 5.29. The number of morpholine rings is 1. The summed E-state index contributed by atoms with van der Waals surface area (Å²) in [4.78, 5) is 29.0. The molecular weight excluding hydrogens is 523 g/mol. The Bertz CT molecular complexity index is 1540. The molecular formula is C31H33FN6O3. The maximum Gasteiger partial charge on any atom is 0.255 e. The van der Waals surface area contributed by atoms with Crippen molar-refractivity contribution in [3.8, 4) is 11.6 Å². The lowest BCUT2D eigenvalue weighted by Gasteiger charge is -2.33. The van der Waals surface area contributed by atoms with Gasteiger partial charge in [-0.2, -0.15) is 4.98 Å². The summed E-state index contributed by atoms with van der Waals surface area (Å²) < 4.78 is 26.1. The number of benzene rings is 3. The molecule has 1 amide bonds. The van der Waals surface area contributed by atoms with Gasteiger partial charge in [0.2, 0.25) is 11.8 Å². The Morgan fingerprint density at radius 3 is 2.51 bits per heavy atom. The SMILES string of the molecule is CCN1CCN(c2nccc(Oc3ccc(NC(=O)c4cc(F)cc(N5CCOCC5)c4)c4ccccc34)n2)CC1. The minimum atomic E-state index is -0.454. The van der Waals surface area contributed by atoms with Gasteiger partial charge in [0.1, 0.15) is 11.6 Å². The van der Waals surface area contributed by atoms with Gasteiger partial charge in [-0.05, 0) is 36.9 Å². The molecule has 0 aliphatic carbocycles. The zero-order valence-electron chi connectivity index (χ0n) is 23.1. The average Bonchev–Trinajstić information content (AvgIpc) is 3.02. The highest BCUT2D eigenvalue weighted by molar-refractivity contribution is 6.10. The van der Waals surface area contributed by atoms with Gasteiger partial charge in [-0.15, -0.1) is 0 Å². The molecule has 3 aromatic carbocycles. The van der Waals surface area contributed by atoms with Gasteiger partial charge in [-0.25, -0.2) is 9.37 Å². The quantitative estimate of drug-likeness (QED) is 0.348. The zero-order valence-corrected chi connectivity index (χ0v) is 23.1. The zero-order chi connectivity index (χ0) is 28.2. The largest absolute Gasteiger partial charge is 0.438 e. The first-order valence-corrected chi connectivity index (χ1v) is 14.0. The molecule has 212 valence electrons. The van der Waals surface area contributed by atoms with Crippen LogP contribution in [0.3, 0.4) is 0 Å². The van der Waals surface area contributed by atoms with Gasteiger partial charge < -0.3 is 29.5 Å². The van der Waals surface area contributed by atoms with Crippen molar-refractivity contribution in [1.29, 1.82) is 0 Å². The van der Waals surface area contributed by atoms with E-state index in [1.807, 2.05) is 35.2 Å². The number of ether oxygens (including phenoxy) is 2. The third kappa shape index (κ3) is 6.08. The maximum absolute atomic E-state index is 14.5. The monoisotopic (exact) mass is 556 g/mol. The lowest BCUT2D eigenvalue weighted by molar-refractivity contribution is 0.102. The predicted molar refractivity (Wildman–Crippen MR) is 158 cm³/mol. The molecule has 9 nitrogen and oxygen atoms in total. The fraction of sp³-hybridized carbons (Fsp3) is 0.323. The standard InChI is InChI=1S/C31H33FN6O3/c1-2-36-11-13-38(14-12-36)31-33-10-9-29(35-31)41-28-8-7-27(25-5-3-4-6-26(25)28)34-30(39)22-19-23(32)21-24(20-22)37-15-17-40-18-16-37/h3-10,19-21H,2,11-18H2,1H3,(H,34,39). The Labute approximate surface area is 238 Å². The van der Waals surface area contributed by atoms with E-state index >= 15 is 0 Å². The van der Waals surface area contributed by atoms with Crippen LogP contribution in [0.2, 0.25) is 0 Å². The van der Waals surface area contributed by atoms with Crippen molar-refractivity contribution in [2.24, 2.45) is 0 Å². The van der Waals surface area contributed by atoms with Crippen LogP contribution < -0.4 is 19.9 Å². The second kappa shape index (κ2) is 12.1. The smallest absolute Gasteiger partial charge is 0.255 e. The summed E-state index contributed by atoms with van der Waals surface area (Å²) in [6, 6.07) is 17.5. The van der Waals surface area contributed by atoms with Gasteiger partial charge >= 0.3 is 0 Å². The summed E-state index contributed by atoms with van der Waals surface area (Å²) >= 11 is 0. The Balaban J connectivity index is 1.22. The van der Waals surface area contributed by atoms with E-state index in [1.165, 1.54) is 12.1 Å². The number of anilines is 3. The number of fused-ring (bicyclic) bond motifs is 1. The summed E-state index contributed by atoms with van der Waals surface area (Å²) in [5.41, 5.74) is 1.53. The molecule has 0 radical (unpaired) electrons. The Kier molecular flexibility index (Phi) is 7.93. The number of amides is 1. The van der Waals surface area contributed by atoms with Crippen LogP contribution >= 0.6 is 0 Å². The van der Waals surface area contributed by atoms with Gasteiger partial charge in [0, 0.05) is 79.2 Å². The molecule has 0 atom stereocenters. The number of rotatable bonds is 7. The maximum atomic E-state index is 14.5. The van der Waals surface area contributed by atoms with Crippen LogP contribution in [0.5, 0.6) is 11.6 Å². The van der Waals surface area contributed by atoms with Crippen molar-refractivity contribution in [2.45, 2.75) is 6.92 Å². The number of likely N-dealkylation sites (N-methyl/N-ethyl adjacent to an activating group) is 1. The third-order valence-corrected chi connectivity index (χ3v) is 7.59. The summed E-state index contributed by atoms with van der Waals surface area (Å²) in [7, 11) is 0. The lowest BCUT2D eigenvalue weighted by Crippen LogP contribution is -2.46. The summed E-state index contributed by atoms with van der Waals surface area (Å²) in [5, 5.41) is 4.58. The molecule has 0 bridgehead atoms. The van der Waals surface area contributed by atoms with Gasteiger partial charge in [0.05, 0.1) is 13.2 Å². The number of halogens is 1. The number of piperazine rings is 1. The van der Waals surface area contributed by atoms with Gasteiger partial charge in [-0.3, -0.25) is 4.79 Å². The molecule has 41 heavy (non-hydrogen) atoms.